The molecule has 1 aliphatic rings. The van der Waals surface area contributed by atoms with E-state index in [2.05, 4.69) is 20.3 Å². The summed E-state index contributed by atoms with van der Waals surface area (Å²) in [6, 6.07) is 3.69. The zero-order chi connectivity index (χ0) is 16.8. The van der Waals surface area contributed by atoms with Crippen LogP contribution in [0.25, 0.3) is 0 Å². The summed E-state index contributed by atoms with van der Waals surface area (Å²) in [6.45, 7) is 0.685. The Morgan fingerprint density at radius 3 is 2.62 bits per heavy atom. The third-order valence-electron chi connectivity index (χ3n) is 4.12. The van der Waals surface area contributed by atoms with E-state index in [1.54, 1.807) is 12.3 Å². The average Bonchev–Trinajstić information content (AvgIpc) is 2.63. The molecule has 0 spiro atoms. The summed E-state index contributed by atoms with van der Waals surface area (Å²) in [5.74, 6) is 2.30. The molecule has 2 aromatic heterocycles. The largest absolute Gasteiger partial charge is 0.491 e. The number of hydrogen-bond donors (Lipinski definition) is 2. The maximum Gasteiger partial charge on any atom is 0.158 e. The fourth-order valence-corrected chi connectivity index (χ4v) is 2.78. The van der Waals surface area contributed by atoms with Gasteiger partial charge in [-0.15, -0.1) is 0 Å². The lowest BCUT2D eigenvalue weighted by atomic mass is 9.90. The lowest BCUT2D eigenvalue weighted by molar-refractivity contribution is 0.209. The summed E-state index contributed by atoms with van der Waals surface area (Å²) >= 11 is 0. The Kier molecular flexibility index (Phi) is 5.06. The fraction of sp³-hybridized carbons (Fsp3) is 0.412. The zero-order valence-corrected chi connectivity index (χ0v) is 13.4. The molecule has 7 nitrogen and oxygen atoms in total. The third-order valence-corrected chi connectivity index (χ3v) is 4.12. The van der Waals surface area contributed by atoms with E-state index in [4.69, 9.17) is 15.7 Å². The minimum Gasteiger partial charge on any atom is -0.491 e. The van der Waals surface area contributed by atoms with Gasteiger partial charge in [0.2, 0.25) is 0 Å². The van der Waals surface area contributed by atoms with E-state index in [1.165, 1.54) is 44.5 Å². The number of anilines is 3. The van der Waals surface area contributed by atoms with E-state index < -0.39 is 0 Å². The van der Waals surface area contributed by atoms with Gasteiger partial charge >= 0.3 is 0 Å². The number of nitrogens with zero attached hydrogens (tertiary/aromatic N) is 4. The molecule has 124 valence electrons. The van der Waals surface area contributed by atoms with Crippen LogP contribution in [0.2, 0.25) is 0 Å². The number of nitriles is 1. The monoisotopic (exact) mass is 324 g/mol. The van der Waals surface area contributed by atoms with E-state index in [0.717, 1.165) is 0 Å². The Morgan fingerprint density at radius 1 is 1.12 bits per heavy atom. The van der Waals surface area contributed by atoms with Crippen LogP contribution in [-0.2, 0) is 0 Å². The molecular weight excluding hydrogens is 304 g/mol. The van der Waals surface area contributed by atoms with Crippen LogP contribution in [0.4, 0.5) is 17.3 Å². The maximum absolute atomic E-state index is 8.74. The van der Waals surface area contributed by atoms with Crippen molar-refractivity contribution >= 4 is 17.3 Å². The number of aromatic nitrogens is 3. The molecule has 0 radical (unpaired) electrons. The van der Waals surface area contributed by atoms with E-state index >= 15 is 0 Å². The summed E-state index contributed by atoms with van der Waals surface area (Å²) in [5, 5.41) is 11.8. The van der Waals surface area contributed by atoms with Gasteiger partial charge < -0.3 is 15.8 Å². The summed E-state index contributed by atoms with van der Waals surface area (Å²) in [7, 11) is 0. The molecule has 2 aromatic rings. The van der Waals surface area contributed by atoms with Crippen LogP contribution in [0.3, 0.4) is 0 Å². The van der Waals surface area contributed by atoms with Crippen molar-refractivity contribution in [3.8, 4) is 11.8 Å². The fourth-order valence-electron chi connectivity index (χ4n) is 2.78. The van der Waals surface area contributed by atoms with E-state index in [1.807, 2.05) is 6.07 Å². The Hall–Kier alpha value is -2.88. The molecule has 1 aliphatic carbocycles. The number of nitrogens with two attached hydrogens (primary N) is 1. The van der Waals surface area contributed by atoms with Crippen LogP contribution in [0, 0.1) is 17.2 Å². The molecule has 0 bridgehead atoms. The molecule has 0 unspecified atom stereocenters. The normalized spacial score (nSPS) is 14.8. The third kappa shape index (κ3) is 4.10. The van der Waals surface area contributed by atoms with Gasteiger partial charge in [-0.25, -0.2) is 15.0 Å². The second-order valence-electron chi connectivity index (χ2n) is 5.95. The Labute approximate surface area is 140 Å². The topological polar surface area (TPSA) is 110 Å². The molecule has 0 atom stereocenters. The summed E-state index contributed by atoms with van der Waals surface area (Å²) < 4.78 is 5.91. The van der Waals surface area contributed by atoms with Crippen LogP contribution < -0.4 is 15.8 Å². The number of rotatable bonds is 5. The highest BCUT2D eigenvalue weighted by atomic mass is 16.5. The van der Waals surface area contributed by atoms with Crippen molar-refractivity contribution in [2.45, 2.75) is 32.1 Å². The van der Waals surface area contributed by atoms with Crippen molar-refractivity contribution in [1.82, 2.24) is 15.0 Å². The van der Waals surface area contributed by atoms with Crippen molar-refractivity contribution in [3.05, 3.63) is 30.4 Å². The first-order chi connectivity index (χ1) is 11.7. The van der Waals surface area contributed by atoms with E-state index in [0.29, 0.717) is 35.6 Å². The molecule has 1 fully saturated rings. The first-order valence-corrected chi connectivity index (χ1v) is 8.12. The number of nitrogen functional groups attached to an aromatic ring is 1. The molecule has 0 aromatic carbocycles. The van der Waals surface area contributed by atoms with E-state index in [-0.39, 0.29) is 5.69 Å². The highest BCUT2D eigenvalue weighted by molar-refractivity contribution is 5.60. The quantitative estimate of drug-likeness (QED) is 0.869. The van der Waals surface area contributed by atoms with Gasteiger partial charge in [-0.3, -0.25) is 0 Å². The van der Waals surface area contributed by atoms with Gasteiger partial charge in [-0.2, -0.15) is 5.26 Å². The highest BCUT2D eigenvalue weighted by Crippen LogP contribution is 2.28. The standard InChI is InChI=1S/C17H20N6O/c18-7-13-8-21-17(10-20-13)23-16-6-15(14(19)9-22-16)24-11-12-4-2-1-3-5-12/h6,8-10,12H,1-5,11,19H2,(H,21,22,23). The van der Waals surface area contributed by atoms with Gasteiger partial charge in [0.1, 0.15) is 23.5 Å². The summed E-state index contributed by atoms with van der Waals surface area (Å²) in [6.07, 6.45) is 10.8. The predicted molar refractivity (Wildman–Crippen MR) is 90.7 cm³/mol. The minimum atomic E-state index is 0.266. The van der Waals surface area contributed by atoms with Crippen molar-refractivity contribution in [1.29, 1.82) is 5.26 Å². The van der Waals surface area contributed by atoms with E-state index in [9.17, 15) is 0 Å². The number of nitrogens with one attached hydrogen (secondary N) is 1. The molecule has 24 heavy (non-hydrogen) atoms. The molecule has 1 saturated carbocycles. The molecule has 0 saturated heterocycles. The lowest BCUT2D eigenvalue weighted by Crippen LogP contribution is -2.16. The van der Waals surface area contributed by atoms with Gasteiger partial charge in [-0.05, 0) is 18.8 Å². The Balaban J connectivity index is 1.65. The molecule has 7 heteroatoms. The summed E-state index contributed by atoms with van der Waals surface area (Å²) in [5.41, 5.74) is 6.74. The van der Waals surface area contributed by atoms with Crippen LogP contribution in [0.1, 0.15) is 37.8 Å². The molecule has 3 N–H and O–H groups in total. The summed E-state index contributed by atoms with van der Waals surface area (Å²) in [4.78, 5) is 12.3. The lowest BCUT2D eigenvalue weighted by Gasteiger charge is -2.22. The molecule has 0 amide bonds. The van der Waals surface area contributed by atoms with Gasteiger partial charge in [0.05, 0.1) is 30.9 Å². The molecule has 2 heterocycles. The second kappa shape index (κ2) is 7.59. The van der Waals surface area contributed by atoms with Crippen LogP contribution in [0.5, 0.6) is 5.75 Å². The number of pyridine rings is 1. The van der Waals surface area contributed by atoms with Crippen LogP contribution >= 0.6 is 0 Å². The van der Waals surface area contributed by atoms with Gasteiger partial charge in [0, 0.05) is 6.07 Å². The predicted octanol–water partition coefficient (Wildman–Crippen LogP) is 3.03. The Bertz CT molecular complexity index is 719. The van der Waals surface area contributed by atoms with Crippen LogP contribution in [0.15, 0.2) is 24.7 Å². The SMILES string of the molecule is N#Cc1cnc(Nc2cc(OCC3CCCCC3)c(N)cn2)cn1. The number of hydrogen-bond acceptors (Lipinski definition) is 7. The van der Waals surface area contributed by atoms with Gasteiger partial charge in [0.15, 0.2) is 5.69 Å². The second-order valence-corrected chi connectivity index (χ2v) is 5.95. The smallest absolute Gasteiger partial charge is 0.158 e. The highest BCUT2D eigenvalue weighted by Gasteiger charge is 2.15. The average molecular weight is 324 g/mol. The van der Waals surface area contributed by atoms with Crippen LogP contribution in [-0.4, -0.2) is 21.6 Å². The van der Waals surface area contributed by atoms with Crippen molar-refractivity contribution in [2.24, 2.45) is 5.92 Å². The first-order valence-electron chi connectivity index (χ1n) is 8.12. The van der Waals surface area contributed by atoms with Crippen molar-refractivity contribution < 1.29 is 4.74 Å². The maximum atomic E-state index is 8.74. The van der Waals surface area contributed by atoms with Crippen molar-refractivity contribution in [3.63, 3.8) is 0 Å². The Morgan fingerprint density at radius 2 is 1.92 bits per heavy atom. The minimum absolute atomic E-state index is 0.266. The number of ether oxygens (including phenoxy) is 1. The van der Waals surface area contributed by atoms with Crippen molar-refractivity contribution in [2.75, 3.05) is 17.7 Å². The zero-order valence-electron chi connectivity index (χ0n) is 13.4. The molecular formula is C17H20N6O. The first kappa shape index (κ1) is 16.0. The van der Waals surface area contributed by atoms with Gasteiger partial charge in [-0.1, -0.05) is 19.3 Å². The van der Waals surface area contributed by atoms with Gasteiger partial charge in [0.25, 0.3) is 0 Å². The molecule has 3 rings (SSSR count). The molecule has 0 aliphatic heterocycles.